The number of anilines is 1. The molecule has 2 aromatic rings. The molecule has 2 aliphatic rings. The molecule has 1 aliphatic heterocycles. The maximum Gasteiger partial charge on any atom is 0.0680 e. The summed E-state index contributed by atoms with van der Waals surface area (Å²) in [6, 6.07) is 17.9. The molecule has 0 spiro atoms. The van der Waals surface area contributed by atoms with E-state index in [1.165, 1.54) is 22.4 Å². The van der Waals surface area contributed by atoms with E-state index in [2.05, 4.69) is 53.8 Å². The first-order chi connectivity index (χ1) is 9.38. The molecule has 2 aromatic carbocycles. The van der Waals surface area contributed by atoms with Crippen molar-refractivity contribution in [1.29, 1.82) is 0 Å². The fraction of sp³-hybridized carbons (Fsp3) is 0.294. The van der Waals surface area contributed by atoms with Crippen molar-refractivity contribution in [2.24, 2.45) is 5.92 Å². The van der Waals surface area contributed by atoms with Crippen molar-refractivity contribution in [3.63, 3.8) is 0 Å². The summed E-state index contributed by atoms with van der Waals surface area (Å²) in [6.45, 7) is 0. The summed E-state index contributed by atoms with van der Waals surface area (Å²) in [5.41, 5.74) is 5.69. The highest BCUT2D eigenvalue weighted by molar-refractivity contribution is 6.09. The summed E-state index contributed by atoms with van der Waals surface area (Å²) in [5, 5.41) is 3.63. The van der Waals surface area contributed by atoms with E-state index in [0.717, 1.165) is 6.42 Å². The van der Waals surface area contributed by atoms with Gasteiger partial charge in [0.25, 0.3) is 0 Å². The minimum absolute atomic E-state index is 0.382. The van der Waals surface area contributed by atoms with Crippen molar-refractivity contribution in [1.82, 2.24) is 0 Å². The van der Waals surface area contributed by atoms with Crippen LogP contribution in [-0.4, -0.2) is 13.9 Å². The first kappa shape index (κ1) is 11.2. The van der Waals surface area contributed by atoms with Gasteiger partial charge in [0, 0.05) is 17.6 Å². The predicted octanol–water partition coefficient (Wildman–Crippen LogP) is 3.37. The maximum absolute atomic E-state index is 5.99. The smallest absolute Gasteiger partial charge is 0.0680 e. The molecule has 19 heavy (non-hydrogen) atoms. The van der Waals surface area contributed by atoms with Crippen molar-refractivity contribution < 1.29 is 0 Å². The number of para-hydroxylation sites is 1. The lowest BCUT2D eigenvalue weighted by Crippen LogP contribution is -2.36. The first-order valence-electron chi connectivity index (χ1n) is 7.02. The second-order valence-corrected chi connectivity index (χ2v) is 5.62. The lowest BCUT2D eigenvalue weighted by Gasteiger charge is -2.37. The van der Waals surface area contributed by atoms with Crippen LogP contribution >= 0.6 is 0 Å². The lowest BCUT2D eigenvalue weighted by atomic mass is 9.74. The molecule has 0 saturated heterocycles. The Morgan fingerprint density at radius 1 is 1.00 bits per heavy atom. The van der Waals surface area contributed by atoms with Crippen LogP contribution in [-0.2, 0) is 6.42 Å². The molecule has 1 aliphatic carbocycles. The Morgan fingerprint density at radius 3 is 2.58 bits per heavy atom. The molecule has 4 rings (SSSR count). The average Bonchev–Trinajstić information content (AvgIpc) is 2.86. The Hall–Kier alpha value is -1.70. The van der Waals surface area contributed by atoms with Crippen LogP contribution < -0.4 is 5.32 Å². The summed E-state index contributed by atoms with van der Waals surface area (Å²) in [4.78, 5) is 0. The largest absolute Gasteiger partial charge is 0.382 e. The van der Waals surface area contributed by atoms with Crippen LogP contribution in [0.4, 0.5) is 5.69 Å². The molecule has 0 saturated carbocycles. The fourth-order valence-electron chi connectivity index (χ4n) is 3.84. The molecule has 1 nitrogen and oxygen atoms in total. The lowest BCUT2D eigenvalue weighted by molar-refractivity contribution is 0.432. The maximum atomic E-state index is 5.99. The number of rotatable bonds is 1. The van der Waals surface area contributed by atoms with Crippen LogP contribution in [0.25, 0.3) is 0 Å². The summed E-state index contributed by atoms with van der Waals surface area (Å²) in [7, 11) is 5.99. The number of nitrogens with one attached hydrogen (secondary N) is 1. The molecule has 1 N–H and O–H groups in total. The van der Waals surface area contributed by atoms with Crippen molar-refractivity contribution in [2.45, 2.75) is 24.7 Å². The second-order valence-electron chi connectivity index (χ2n) is 5.62. The number of hydrogen-bond acceptors (Lipinski definition) is 1. The third kappa shape index (κ3) is 1.56. The molecular weight excluding hydrogens is 229 g/mol. The Balaban J connectivity index is 1.91. The van der Waals surface area contributed by atoms with Crippen molar-refractivity contribution in [3.8, 4) is 0 Å². The summed E-state index contributed by atoms with van der Waals surface area (Å²) < 4.78 is 0. The Kier molecular flexibility index (Phi) is 2.44. The average molecular weight is 245 g/mol. The van der Waals surface area contributed by atoms with Gasteiger partial charge >= 0.3 is 0 Å². The normalized spacial score (nSPS) is 27.1. The van der Waals surface area contributed by atoms with E-state index in [-0.39, 0.29) is 0 Å². The third-order valence-corrected chi connectivity index (χ3v) is 4.68. The van der Waals surface area contributed by atoms with Crippen LogP contribution in [0.1, 0.15) is 22.6 Å². The van der Waals surface area contributed by atoms with Crippen LogP contribution in [0.5, 0.6) is 0 Å². The highest BCUT2D eigenvalue weighted by atomic mass is 14.9. The molecular formula is C17H16BN. The zero-order valence-corrected chi connectivity index (χ0v) is 10.8. The molecule has 1 heterocycles. The highest BCUT2D eigenvalue weighted by Crippen LogP contribution is 2.49. The van der Waals surface area contributed by atoms with Gasteiger partial charge in [-0.3, -0.25) is 0 Å². The van der Waals surface area contributed by atoms with Crippen LogP contribution in [0.15, 0.2) is 48.5 Å². The minimum atomic E-state index is 0.382. The standard InChI is InChI=1S/C17H16BN/c18-10-16-14-9-11-5-1-2-6-12(11)17(14)13-7-3-4-8-15(13)19-16/h1-8,14,16-17,19H,9-10H2/t14-,16-,17+/m0/s1. The predicted molar refractivity (Wildman–Crippen MR) is 79.9 cm³/mol. The number of fused-ring (bicyclic) bond motifs is 5. The Morgan fingerprint density at radius 2 is 1.74 bits per heavy atom. The van der Waals surface area contributed by atoms with E-state index in [4.69, 9.17) is 7.85 Å². The van der Waals surface area contributed by atoms with Gasteiger partial charge in [0.15, 0.2) is 0 Å². The number of hydrogen-bond donors (Lipinski definition) is 1. The first-order valence-corrected chi connectivity index (χ1v) is 7.02. The van der Waals surface area contributed by atoms with E-state index in [9.17, 15) is 0 Å². The van der Waals surface area contributed by atoms with Gasteiger partial charge in [-0.2, -0.15) is 0 Å². The van der Waals surface area contributed by atoms with Gasteiger partial charge in [-0.05, 0) is 35.1 Å². The zero-order chi connectivity index (χ0) is 12.8. The van der Waals surface area contributed by atoms with Gasteiger partial charge < -0.3 is 5.32 Å². The number of benzene rings is 2. The third-order valence-electron chi connectivity index (χ3n) is 4.68. The van der Waals surface area contributed by atoms with E-state index < -0.39 is 0 Å². The zero-order valence-electron chi connectivity index (χ0n) is 10.8. The molecule has 0 unspecified atom stereocenters. The molecule has 0 bridgehead atoms. The topological polar surface area (TPSA) is 12.0 Å². The van der Waals surface area contributed by atoms with E-state index in [1.807, 2.05) is 0 Å². The van der Waals surface area contributed by atoms with E-state index in [1.54, 1.807) is 0 Å². The second kappa shape index (κ2) is 4.16. The van der Waals surface area contributed by atoms with Gasteiger partial charge in [-0.15, -0.1) is 0 Å². The Bertz CT molecular complexity index is 622. The SMILES string of the molecule is [B]C[C@@H]1Nc2ccccc2[C@H]2c3ccccc3C[C@H]21. The van der Waals surface area contributed by atoms with Crippen LogP contribution in [0, 0.1) is 5.92 Å². The molecule has 2 radical (unpaired) electrons. The van der Waals surface area contributed by atoms with Crippen LogP contribution in [0.3, 0.4) is 0 Å². The molecule has 0 fully saturated rings. The van der Waals surface area contributed by atoms with Crippen molar-refractivity contribution in [3.05, 3.63) is 65.2 Å². The molecule has 2 heteroatoms. The highest BCUT2D eigenvalue weighted by Gasteiger charge is 2.41. The van der Waals surface area contributed by atoms with Gasteiger partial charge in [-0.25, -0.2) is 0 Å². The monoisotopic (exact) mass is 245 g/mol. The minimum Gasteiger partial charge on any atom is -0.382 e. The van der Waals surface area contributed by atoms with E-state index >= 15 is 0 Å². The summed E-state index contributed by atoms with van der Waals surface area (Å²) in [6.07, 6.45) is 1.84. The summed E-state index contributed by atoms with van der Waals surface area (Å²) in [5.74, 6) is 1.11. The quantitative estimate of drug-likeness (QED) is 0.759. The van der Waals surface area contributed by atoms with Gasteiger partial charge in [0.1, 0.15) is 0 Å². The van der Waals surface area contributed by atoms with Crippen molar-refractivity contribution >= 4 is 13.5 Å². The van der Waals surface area contributed by atoms with Crippen molar-refractivity contribution in [2.75, 3.05) is 5.32 Å². The molecule has 0 amide bonds. The summed E-state index contributed by atoms with van der Waals surface area (Å²) >= 11 is 0. The van der Waals surface area contributed by atoms with Gasteiger partial charge in [0.2, 0.25) is 0 Å². The Labute approximate surface area is 115 Å². The molecule has 0 aromatic heterocycles. The molecule has 92 valence electrons. The van der Waals surface area contributed by atoms with Gasteiger partial charge in [-0.1, -0.05) is 48.8 Å². The van der Waals surface area contributed by atoms with Gasteiger partial charge in [0.05, 0.1) is 7.85 Å². The fourth-order valence-corrected chi connectivity index (χ4v) is 3.84. The molecule has 3 atom stereocenters. The van der Waals surface area contributed by atoms with E-state index in [0.29, 0.717) is 24.2 Å². The van der Waals surface area contributed by atoms with Crippen LogP contribution in [0.2, 0.25) is 6.32 Å².